The number of methoxy groups -OCH3 is 1. The second kappa shape index (κ2) is 7.03. The van der Waals surface area contributed by atoms with Crippen molar-refractivity contribution in [1.82, 2.24) is 5.32 Å². The highest BCUT2D eigenvalue weighted by molar-refractivity contribution is 7.10. The summed E-state index contributed by atoms with van der Waals surface area (Å²) in [5.74, 6) is -0.508. The summed E-state index contributed by atoms with van der Waals surface area (Å²) < 4.78 is 4.61. The molecule has 1 aromatic heterocycles. The maximum Gasteiger partial charge on any atom is 0.307 e. The minimum absolute atomic E-state index is 0.132. The fourth-order valence-corrected chi connectivity index (χ4v) is 2.14. The molecule has 0 radical (unpaired) electrons. The number of rotatable bonds is 6. The summed E-state index contributed by atoms with van der Waals surface area (Å²) in [6.07, 6.45) is 0.385. The number of hydrogen-bond donors (Lipinski definition) is 2. The highest BCUT2D eigenvalue weighted by atomic mass is 32.1. The van der Waals surface area contributed by atoms with Crippen LogP contribution in [-0.4, -0.2) is 25.5 Å². The zero-order valence-corrected chi connectivity index (χ0v) is 10.5. The van der Waals surface area contributed by atoms with E-state index in [9.17, 15) is 9.59 Å². The van der Waals surface area contributed by atoms with Crippen LogP contribution >= 0.6 is 11.3 Å². The summed E-state index contributed by atoms with van der Waals surface area (Å²) in [5, 5.41) is 4.67. The van der Waals surface area contributed by atoms with Crippen LogP contribution in [0.3, 0.4) is 0 Å². The molecule has 1 heterocycles. The number of nitrogens with one attached hydrogen (secondary N) is 1. The lowest BCUT2D eigenvalue weighted by Crippen LogP contribution is -2.31. The second-order valence-corrected chi connectivity index (χ2v) is 4.43. The molecular weight excluding hydrogens is 240 g/mol. The molecule has 6 heteroatoms. The molecule has 1 rings (SSSR count). The monoisotopic (exact) mass is 256 g/mol. The van der Waals surface area contributed by atoms with Gasteiger partial charge >= 0.3 is 5.97 Å². The maximum atomic E-state index is 11.5. The molecule has 0 bridgehead atoms. The van der Waals surface area contributed by atoms with Crippen molar-refractivity contribution in [3.8, 4) is 0 Å². The topological polar surface area (TPSA) is 81.4 Å². The van der Waals surface area contributed by atoms with Crippen LogP contribution in [0.25, 0.3) is 0 Å². The van der Waals surface area contributed by atoms with Crippen LogP contribution in [-0.2, 0) is 14.3 Å². The molecule has 0 saturated carbocycles. The standard InChI is InChI=1S/C11H16N2O3S/c1-16-11(15)7-8(9-3-2-6-17-9)13-10(14)4-5-12/h2-3,6,8H,4-5,7,12H2,1H3,(H,13,14). The molecule has 0 spiro atoms. The van der Waals surface area contributed by atoms with Crippen molar-refractivity contribution in [1.29, 1.82) is 0 Å². The molecule has 3 N–H and O–H groups in total. The van der Waals surface area contributed by atoms with E-state index < -0.39 is 0 Å². The van der Waals surface area contributed by atoms with Gasteiger partial charge in [-0.3, -0.25) is 9.59 Å². The van der Waals surface area contributed by atoms with Gasteiger partial charge in [-0.2, -0.15) is 0 Å². The first-order valence-corrected chi connectivity index (χ1v) is 6.15. The first-order valence-electron chi connectivity index (χ1n) is 5.27. The van der Waals surface area contributed by atoms with E-state index in [-0.39, 0.29) is 30.8 Å². The Morgan fingerprint density at radius 3 is 2.88 bits per heavy atom. The molecule has 94 valence electrons. The Kier molecular flexibility index (Phi) is 5.65. The number of carbonyl (C=O) groups excluding carboxylic acids is 2. The quantitative estimate of drug-likeness (QED) is 0.738. The van der Waals surface area contributed by atoms with Gasteiger partial charge in [0, 0.05) is 17.8 Å². The van der Waals surface area contributed by atoms with Gasteiger partial charge in [0.1, 0.15) is 0 Å². The summed E-state index contributed by atoms with van der Waals surface area (Å²) in [4.78, 5) is 23.7. The molecule has 1 amide bonds. The van der Waals surface area contributed by atoms with Crippen molar-refractivity contribution in [3.63, 3.8) is 0 Å². The van der Waals surface area contributed by atoms with E-state index in [1.54, 1.807) is 0 Å². The van der Waals surface area contributed by atoms with Gasteiger partial charge < -0.3 is 15.8 Å². The predicted octanol–water partition coefficient (Wildman–Crippen LogP) is 0.817. The summed E-state index contributed by atoms with van der Waals surface area (Å²) in [6.45, 7) is 0.293. The summed E-state index contributed by atoms with van der Waals surface area (Å²) in [6, 6.07) is 3.42. The zero-order chi connectivity index (χ0) is 12.7. The Hall–Kier alpha value is -1.40. The van der Waals surface area contributed by atoms with Crippen LogP contribution in [0.4, 0.5) is 0 Å². The van der Waals surface area contributed by atoms with Crippen LogP contribution < -0.4 is 11.1 Å². The average Bonchev–Trinajstić information content (AvgIpc) is 2.81. The number of hydrogen-bond acceptors (Lipinski definition) is 5. The van der Waals surface area contributed by atoms with Crippen LogP contribution in [0.1, 0.15) is 23.8 Å². The molecule has 0 aliphatic rings. The minimum Gasteiger partial charge on any atom is -0.469 e. The van der Waals surface area contributed by atoms with E-state index in [4.69, 9.17) is 5.73 Å². The van der Waals surface area contributed by atoms with Gasteiger partial charge in [-0.1, -0.05) is 6.07 Å². The second-order valence-electron chi connectivity index (χ2n) is 3.45. The Labute approximate surface area is 104 Å². The Bertz CT molecular complexity index is 365. The van der Waals surface area contributed by atoms with Crippen LogP contribution in [0.5, 0.6) is 0 Å². The van der Waals surface area contributed by atoms with E-state index in [0.717, 1.165) is 4.88 Å². The lowest BCUT2D eigenvalue weighted by Gasteiger charge is -2.16. The highest BCUT2D eigenvalue weighted by Crippen LogP contribution is 2.22. The van der Waals surface area contributed by atoms with Gasteiger partial charge in [0.15, 0.2) is 0 Å². The molecule has 1 unspecified atom stereocenters. The third-order valence-corrected chi connectivity index (χ3v) is 3.18. The number of ether oxygens (including phenoxy) is 1. The molecule has 0 aromatic carbocycles. The van der Waals surface area contributed by atoms with Crippen molar-refractivity contribution < 1.29 is 14.3 Å². The van der Waals surface area contributed by atoms with Gasteiger partial charge in [-0.25, -0.2) is 0 Å². The summed E-state index contributed by atoms with van der Waals surface area (Å²) in [7, 11) is 1.33. The van der Waals surface area contributed by atoms with E-state index in [2.05, 4.69) is 10.1 Å². The SMILES string of the molecule is COC(=O)CC(NC(=O)CCN)c1cccs1. The molecule has 0 saturated heterocycles. The average molecular weight is 256 g/mol. The normalized spacial score (nSPS) is 11.9. The number of nitrogens with two attached hydrogens (primary N) is 1. The first-order chi connectivity index (χ1) is 8.17. The highest BCUT2D eigenvalue weighted by Gasteiger charge is 2.19. The molecule has 17 heavy (non-hydrogen) atoms. The van der Waals surface area contributed by atoms with E-state index >= 15 is 0 Å². The van der Waals surface area contributed by atoms with E-state index in [1.807, 2.05) is 17.5 Å². The van der Waals surface area contributed by atoms with Gasteiger partial charge in [0.25, 0.3) is 0 Å². The molecule has 0 aliphatic heterocycles. The summed E-state index contributed by atoms with van der Waals surface area (Å²) in [5.41, 5.74) is 5.30. The van der Waals surface area contributed by atoms with Crippen LogP contribution in [0.2, 0.25) is 0 Å². The first kappa shape index (κ1) is 13.7. The zero-order valence-electron chi connectivity index (χ0n) is 9.64. The van der Waals surface area contributed by atoms with Gasteiger partial charge in [-0.05, 0) is 11.4 Å². The molecule has 1 aromatic rings. The molecule has 0 fully saturated rings. The molecule has 1 atom stereocenters. The Balaban J connectivity index is 2.66. The number of amides is 1. The van der Waals surface area contributed by atoms with E-state index in [1.165, 1.54) is 18.4 Å². The fraction of sp³-hybridized carbons (Fsp3) is 0.455. The van der Waals surface area contributed by atoms with Gasteiger partial charge in [0.05, 0.1) is 19.6 Å². The van der Waals surface area contributed by atoms with Crippen LogP contribution in [0, 0.1) is 0 Å². The fourth-order valence-electron chi connectivity index (χ4n) is 1.36. The third kappa shape index (κ3) is 4.54. The number of esters is 1. The van der Waals surface area contributed by atoms with Gasteiger partial charge in [0.2, 0.25) is 5.91 Å². The minimum atomic E-state index is -0.351. The van der Waals surface area contributed by atoms with Crippen molar-refractivity contribution in [2.45, 2.75) is 18.9 Å². The lowest BCUT2D eigenvalue weighted by molar-refractivity contribution is -0.141. The van der Waals surface area contributed by atoms with Crippen LogP contribution in [0.15, 0.2) is 17.5 Å². The Morgan fingerprint density at radius 2 is 2.35 bits per heavy atom. The molecular formula is C11H16N2O3S. The van der Waals surface area contributed by atoms with Crippen molar-refractivity contribution in [3.05, 3.63) is 22.4 Å². The number of carbonyl (C=O) groups is 2. The molecule has 0 aliphatic carbocycles. The van der Waals surface area contributed by atoms with Crippen molar-refractivity contribution >= 4 is 23.2 Å². The van der Waals surface area contributed by atoms with Crippen molar-refractivity contribution in [2.75, 3.05) is 13.7 Å². The largest absolute Gasteiger partial charge is 0.469 e. The maximum absolute atomic E-state index is 11.5. The molecule has 5 nitrogen and oxygen atoms in total. The van der Waals surface area contributed by atoms with Gasteiger partial charge in [-0.15, -0.1) is 11.3 Å². The van der Waals surface area contributed by atoms with E-state index in [0.29, 0.717) is 6.54 Å². The Morgan fingerprint density at radius 1 is 1.59 bits per heavy atom. The number of thiophene rings is 1. The predicted molar refractivity (Wildman–Crippen MR) is 65.5 cm³/mol. The smallest absolute Gasteiger partial charge is 0.307 e. The lowest BCUT2D eigenvalue weighted by atomic mass is 10.1. The van der Waals surface area contributed by atoms with Crippen molar-refractivity contribution in [2.24, 2.45) is 5.73 Å². The summed E-state index contributed by atoms with van der Waals surface area (Å²) >= 11 is 1.49. The third-order valence-electron chi connectivity index (χ3n) is 2.19.